The van der Waals surface area contributed by atoms with E-state index >= 15 is 0 Å². The number of hydrogen-bond acceptors (Lipinski definition) is 3. The molecule has 0 spiro atoms. The fourth-order valence-corrected chi connectivity index (χ4v) is 3.23. The molecule has 0 bridgehead atoms. The molecule has 0 unspecified atom stereocenters. The summed E-state index contributed by atoms with van der Waals surface area (Å²) in [5.41, 5.74) is 6.42. The Labute approximate surface area is 160 Å². The first-order valence-electron chi connectivity index (χ1n) is 8.13. The molecule has 1 saturated heterocycles. The molecule has 1 aromatic carbocycles. The fraction of sp³-hybridized carbons (Fsp3) is 0.588. The third-order valence-electron chi connectivity index (χ3n) is 4.12. The van der Waals surface area contributed by atoms with E-state index in [1.807, 2.05) is 11.0 Å². The smallest absolute Gasteiger partial charge is 0.222 e. The number of hydrogen-bond donors (Lipinski definition) is 1. The zero-order valence-electron chi connectivity index (χ0n) is 13.7. The lowest BCUT2D eigenvalue weighted by atomic mass is 10.1. The Hall–Kier alpha value is -0.520. The highest BCUT2D eigenvalue weighted by atomic mass is 35.5. The number of piperidine rings is 1. The van der Waals surface area contributed by atoms with Crippen molar-refractivity contribution in [3.8, 4) is 0 Å². The Balaban J connectivity index is 0.00000288. The van der Waals surface area contributed by atoms with Gasteiger partial charge in [-0.25, -0.2) is 0 Å². The summed E-state index contributed by atoms with van der Waals surface area (Å²) >= 11 is 12.0. The molecule has 7 heteroatoms. The van der Waals surface area contributed by atoms with Crippen LogP contribution in [0.15, 0.2) is 18.2 Å². The van der Waals surface area contributed by atoms with Crippen molar-refractivity contribution in [2.75, 3.05) is 26.2 Å². The molecule has 1 heterocycles. The number of halogens is 3. The quantitative estimate of drug-likeness (QED) is 0.716. The molecular formula is C17H25Cl3N2O2. The molecule has 0 aromatic heterocycles. The molecule has 1 aromatic rings. The van der Waals surface area contributed by atoms with E-state index in [2.05, 4.69) is 0 Å². The second-order valence-corrected chi connectivity index (χ2v) is 6.67. The van der Waals surface area contributed by atoms with Gasteiger partial charge in [0.05, 0.1) is 6.10 Å². The predicted molar refractivity (Wildman–Crippen MR) is 101 cm³/mol. The first kappa shape index (κ1) is 21.5. The Bertz CT molecular complexity index is 521. The highest BCUT2D eigenvalue weighted by Gasteiger charge is 2.22. The van der Waals surface area contributed by atoms with Gasteiger partial charge in [-0.2, -0.15) is 0 Å². The third-order valence-corrected chi connectivity index (χ3v) is 4.71. The Morgan fingerprint density at radius 3 is 2.62 bits per heavy atom. The summed E-state index contributed by atoms with van der Waals surface area (Å²) in [5, 5.41) is 1.24. The first-order valence-corrected chi connectivity index (χ1v) is 8.89. The highest BCUT2D eigenvalue weighted by Crippen LogP contribution is 2.23. The number of aryl methyl sites for hydroxylation is 1. The molecule has 0 atom stereocenters. The summed E-state index contributed by atoms with van der Waals surface area (Å²) in [6.45, 7) is 2.90. The molecule has 0 saturated carbocycles. The minimum atomic E-state index is 0. The summed E-state index contributed by atoms with van der Waals surface area (Å²) in [6.07, 6.45) is 4.06. The SMILES string of the molecule is Cl.NCCCOC1CCN(C(=O)CCc2ccc(Cl)cc2Cl)CC1. The fourth-order valence-electron chi connectivity index (χ4n) is 2.73. The van der Waals surface area contributed by atoms with Crippen molar-refractivity contribution in [1.29, 1.82) is 0 Å². The third kappa shape index (κ3) is 6.77. The highest BCUT2D eigenvalue weighted by molar-refractivity contribution is 6.35. The van der Waals surface area contributed by atoms with E-state index in [-0.39, 0.29) is 24.4 Å². The average molecular weight is 396 g/mol. The molecule has 2 rings (SSSR count). The summed E-state index contributed by atoms with van der Waals surface area (Å²) in [7, 11) is 0. The van der Waals surface area contributed by atoms with E-state index in [1.165, 1.54) is 0 Å². The summed E-state index contributed by atoms with van der Waals surface area (Å²) in [4.78, 5) is 14.2. The van der Waals surface area contributed by atoms with Gasteiger partial charge in [-0.3, -0.25) is 4.79 Å². The number of nitrogens with zero attached hydrogens (tertiary/aromatic N) is 1. The Morgan fingerprint density at radius 1 is 1.29 bits per heavy atom. The Morgan fingerprint density at radius 2 is 2.00 bits per heavy atom. The predicted octanol–water partition coefficient (Wildman–Crippen LogP) is 3.70. The molecule has 0 radical (unpaired) electrons. The van der Waals surface area contributed by atoms with Gasteiger partial charge < -0.3 is 15.4 Å². The van der Waals surface area contributed by atoms with E-state index in [4.69, 9.17) is 33.7 Å². The van der Waals surface area contributed by atoms with E-state index in [9.17, 15) is 4.79 Å². The van der Waals surface area contributed by atoms with Crippen LogP contribution in [-0.2, 0) is 16.0 Å². The van der Waals surface area contributed by atoms with Gasteiger partial charge in [-0.15, -0.1) is 12.4 Å². The van der Waals surface area contributed by atoms with Gasteiger partial charge in [-0.1, -0.05) is 29.3 Å². The largest absolute Gasteiger partial charge is 0.378 e. The summed E-state index contributed by atoms with van der Waals surface area (Å²) < 4.78 is 5.76. The second-order valence-electron chi connectivity index (χ2n) is 5.83. The normalized spacial score (nSPS) is 15.2. The van der Waals surface area contributed by atoms with Gasteiger partial charge in [-0.05, 0) is 49.9 Å². The molecule has 0 aliphatic carbocycles. The molecule has 2 N–H and O–H groups in total. The maximum absolute atomic E-state index is 12.3. The van der Waals surface area contributed by atoms with Crippen LogP contribution in [0, 0.1) is 0 Å². The standard InChI is InChI=1S/C17H24Cl2N2O2.ClH/c18-14-4-2-13(16(19)12-14)3-5-17(22)21-9-6-15(7-10-21)23-11-1-8-20;/h2,4,12,15H,1,3,5-11,20H2;1H. The minimum Gasteiger partial charge on any atom is -0.378 e. The number of likely N-dealkylation sites (tertiary alicyclic amines) is 1. The average Bonchev–Trinajstić information content (AvgIpc) is 2.55. The van der Waals surface area contributed by atoms with Crippen LogP contribution in [0.1, 0.15) is 31.2 Å². The second kappa shape index (κ2) is 11.2. The van der Waals surface area contributed by atoms with Crippen molar-refractivity contribution in [3.63, 3.8) is 0 Å². The Kier molecular flexibility index (Phi) is 10.0. The number of amides is 1. The van der Waals surface area contributed by atoms with E-state index < -0.39 is 0 Å². The number of rotatable bonds is 7. The molecule has 1 amide bonds. The van der Waals surface area contributed by atoms with Crippen LogP contribution in [0.25, 0.3) is 0 Å². The van der Waals surface area contributed by atoms with Gasteiger partial charge in [0, 0.05) is 36.2 Å². The van der Waals surface area contributed by atoms with E-state index in [0.717, 1.165) is 37.9 Å². The maximum Gasteiger partial charge on any atom is 0.222 e. The summed E-state index contributed by atoms with van der Waals surface area (Å²) in [5.74, 6) is 0.177. The molecule has 136 valence electrons. The first-order chi connectivity index (χ1) is 11.1. The zero-order chi connectivity index (χ0) is 16.7. The number of benzene rings is 1. The molecule has 1 aliphatic rings. The molecule has 1 fully saturated rings. The van der Waals surface area contributed by atoms with Crippen LogP contribution in [0.3, 0.4) is 0 Å². The van der Waals surface area contributed by atoms with Gasteiger partial charge in [0.25, 0.3) is 0 Å². The lowest BCUT2D eigenvalue weighted by Crippen LogP contribution is -2.41. The van der Waals surface area contributed by atoms with Crippen LogP contribution >= 0.6 is 35.6 Å². The molecule has 4 nitrogen and oxygen atoms in total. The van der Waals surface area contributed by atoms with Crippen LogP contribution < -0.4 is 5.73 Å². The van der Waals surface area contributed by atoms with Gasteiger partial charge in [0.15, 0.2) is 0 Å². The number of carbonyl (C=O) groups excluding carboxylic acids is 1. The monoisotopic (exact) mass is 394 g/mol. The van der Waals surface area contributed by atoms with Crippen molar-refractivity contribution in [3.05, 3.63) is 33.8 Å². The zero-order valence-corrected chi connectivity index (χ0v) is 16.0. The van der Waals surface area contributed by atoms with E-state index in [0.29, 0.717) is 36.0 Å². The van der Waals surface area contributed by atoms with Gasteiger partial charge >= 0.3 is 0 Å². The van der Waals surface area contributed by atoms with Crippen LogP contribution in [0.4, 0.5) is 0 Å². The van der Waals surface area contributed by atoms with Crippen molar-refractivity contribution in [1.82, 2.24) is 4.90 Å². The lowest BCUT2D eigenvalue weighted by Gasteiger charge is -2.32. The molecular weight excluding hydrogens is 371 g/mol. The molecule has 24 heavy (non-hydrogen) atoms. The minimum absolute atomic E-state index is 0. The number of carbonyl (C=O) groups is 1. The van der Waals surface area contributed by atoms with E-state index in [1.54, 1.807) is 12.1 Å². The molecule has 1 aliphatic heterocycles. The van der Waals surface area contributed by atoms with Crippen molar-refractivity contribution < 1.29 is 9.53 Å². The van der Waals surface area contributed by atoms with Crippen LogP contribution in [0.2, 0.25) is 10.0 Å². The van der Waals surface area contributed by atoms with Gasteiger partial charge in [0.1, 0.15) is 0 Å². The number of ether oxygens (including phenoxy) is 1. The van der Waals surface area contributed by atoms with Crippen molar-refractivity contribution in [2.45, 2.75) is 38.2 Å². The number of nitrogens with two attached hydrogens (primary N) is 1. The maximum atomic E-state index is 12.3. The lowest BCUT2D eigenvalue weighted by molar-refractivity contribution is -0.133. The van der Waals surface area contributed by atoms with Crippen molar-refractivity contribution in [2.24, 2.45) is 5.73 Å². The summed E-state index contributed by atoms with van der Waals surface area (Å²) in [6, 6.07) is 5.40. The van der Waals surface area contributed by atoms with Crippen LogP contribution in [-0.4, -0.2) is 43.2 Å². The topological polar surface area (TPSA) is 55.6 Å². The van der Waals surface area contributed by atoms with Gasteiger partial charge in [0.2, 0.25) is 5.91 Å². The van der Waals surface area contributed by atoms with Crippen molar-refractivity contribution >= 4 is 41.5 Å². The van der Waals surface area contributed by atoms with Crippen LogP contribution in [0.5, 0.6) is 0 Å².